The molecule has 1 heterocycles. The monoisotopic (exact) mass is 432 g/mol. The summed E-state index contributed by atoms with van der Waals surface area (Å²) in [7, 11) is 0. The van der Waals surface area contributed by atoms with Crippen LogP contribution in [0.2, 0.25) is 5.02 Å². The summed E-state index contributed by atoms with van der Waals surface area (Å²) in [6.07, 6.45) is 0. The molecule has 0 unspecified atom stereocenters. The summed E-state index contributed by atoms with van der Waals surface area (Å²) in [6.45, 7) is 6.83. The van der Waals surface area contributed by atoms with Crippen molar-refractivity contribution in [2.75, 3.05) is 49.5 Å². The summed E-state index contributed by atoms with van der Waals surface area (Å²) in [6, 6.07) is 14.8. The first-order valence-corrected chi connectivity index (χ1v) is 10.4. The van der Waals surface area contributed by atoms with E-state index in [1.165, 1.54) is 0 Å². The van der Waals surface area contributed by atoms with Crippen molar-refractivity contribution >= 4 is 46.2 Å². The zero-order chi connectivity index (χ0) is 20.6. The van der Waals surface area contributed by atoms with E-state index in [0.29, 0.717) is 10.8 Å². The maximum Gasteiger partial charge on any atom is 0.264 e. The number of benzene rings is 2. The fourth-order valence-corrected chi connectivity index (χ4v) is 3.73. The average molecular weight is 433 g/mol. The summed E-state index contributed by atoms with van der Waals surface area (Å²) in [5, 5.41) is 6.62. The quantitative estimate of drug-likeness (QED) is 0.682. The molecular formula is C21H25ClN4O2S. The van der Waals surface area contributed by atoms with E-state index in [-0.39, 0.29) is 17.6 Å². The van der Waals surface area contributed by atoms with Crippen molar-refractivity contribution in [3.63, 3.8) is 0 Å². The number of hydrogen-bond acceptors (Lipinski definition) is 5. The van der Waals surface area contributed by atoms with E-state index in [1.807, 2.05) is 36.4 Å². The lowest BCUT2D eigenvalue weighted by Crippen LogP contribution is -2.46. The molecule has 3 rings (SSSR count). The molecule has 0 spiro atoms. The molecule has 2 N–H and O–H groups in total. The van der Waals surface area contributed by atoms with Crippen molar-refractivity contribution in [2.24, 2.45) is 0 Å². The molecule has 1 aliphatic heterocycles. The molecule has 1 aliphatic rings. The maximum absolute atomic E-state index is 12.1. The zero-order valence-corrected chi connectivity index (χ0v) is 17.9. The van der Waals surface area contributed by atoms with Gasteiger partial charge in [0.1, 0.15) is 5.75 Å². The van der Waals surface area contributed by atoms with Crippen LogP contribution in [0.25, 0.3) is 0 Å². The molecule has 1 fully saturated rings. The van der Waals surface area contributed by atoms with Gasteiger partial charge in [0.05, 0.1) is 16.4 Å². The van der Waals surface area contributed by atoms with Gasteiger partial charge in [0, 0.05) is 26.2 Å². The van der Waals surface area contributed by atoms with Crippen LogP contribution >= 0.6 is 23.8 Å². The van der Waals surface area contributed by atoms with Crippen molar-refractivity contribution in [1.82, 2.24) is 10.2 Å². The van der Waals surface area contributed by atoms with Gasteiger partial charge in [-0.25, -0.2) is 0 Å². The Balaban J connectivity index is 1.58. The molecule has 1 saturated heterocycles. The van der Waals surface area contributed by atoms with Gasteiger partial charge in [-0.2, -0.15) is 0 Å². The number of likely N-dealkylation sites (N-methyl/N-ethyl adjacent to an activating group) is 1. The van der Waals surface area contributed by atoms with E-state index in [1.54, 1.807) is 12.1 Å². The Morgan fingerprint density at radius 3 is 2.52 bits per heavy atom. The van der Waals surface area contributed by atoms with Crippen LogP contribution in [0.1, 0.15) is 6.92 Å². The predicted octanol–water partition coefficient (Wildman–Crippen LogP) is 3.37. The highest BCUT2D eigenvalue weighted by molar-refractivity contribution is 7.80. The number of amides is 1. The zero-order valence-electron chi connectivity index (χ0n) is 16.4. The minimum Gasteiger partial charge on any atom is -0.484 e. The number of rotatable bonds is 6. The number of para-hydroxylation sites is 2. The highest BCUT2D eigenvalue weighted by atomic mass is 35.5. The lowest BCUT2D eigenvalue weighted by molar-refractivity contribution is -0.121. The van der Waals surface area contributed by atoms with Gasteiger partial charge in [-0.15, -0.1) is 0 Å². The van der Waals surface area contributed by atoms with Gasteiger partial charge in [-0.05, 0) is 43.0 Å². The van der Waals surface area contributed by atoms with Gasteiger partial charge in [0.25, 0.3) is 5.91 Å². The fourth-order valence-electron chi connectivity index (χ4n) is 3.21. The third kappa shape index (κ3) is 6.06. The second kappa shape index (κ2) is 10.4. The van der Waals surface area contributed by atoms with Gasteiger partial charge >= 0.3 is 0 Å². The number of thiocarbonyl (C=S) groups is 1. The topological polar surface area (TPSA) is 56.8 Å². The van der Waals surface area contributed by atoms with Crippen molar-refractivity contribution < 1.29 is 9.53 Å². The molecule has 154 valence electrons. The number of nitrogens with one attached hydrogen (secondary N) is 2. The van der Waals surface area contributed by atoms with Crippen LogP contribution in [0.15, 0.2) is 48.5 Å². The number of halogens is 1. The lowest BCUT2D eigenvalue weighted by Gasteiger charge is -2.37. The van der Waals surface area contributed by atoms with E-state index in [4.69, 9.17) is 28.6 Å². The summed E-state index contributed by atoms with van der Waals surface area (Å²) in [5.74, 6) is 0.302. The first-order chi connectivity index (χ1) is 14.1. The fraction of sp³-hybridized carbons (Fsp3) is 0.333. The van der Waals surface area contributed by atoms with E-state index in [0.717, 1.165) is 44.1 Å². The second-order valence-corrected chi connectivity index (χ2v) is 7.48. The minimum atomic E-state index is -0.327. The minimum absolute atomic E-state index is 0.118. The number of nitrogens with zero attached hydrogens (tertiary/aromatic N) is 2. The SMILES string of the molecule is CCN1CCN(c2c(Cl)cccc2NC(=S)NC(=O)COc2ccccc2)CC1. The summed E-state index contributed by atoms with van der Waals surface area (Å²) in [4.78, 5) is 16.8. The van der Waals surface area contributed by atoms with Crippen LogP contribution in [0.5, 0.6) is 5.75 Å². The third-order valence-electron chi connectivity index (χ3n) is 4.74. The number of ether oxygens (including phenoxy) is 1. The van der Waals surface area contributed by atoms with Crippen molar-refractivity contribution in [3.8, 4) is 5.75 Å². The molecule has 2 aromatic rings. The first-order valence-electron chi connectivity index (χ1n) is 9.61. The molecule has 2 aromatic carbocycles. The van der Waals surface area contributed by atoms with Gasteiger partial charge in [-0.1, -0.05) is 42.8 Å². The summed E-state index contributed by atoms with van der Waals surface area (Å²) >= 11 is 11.8. The molecular weight excluding hydrogens is 408 g/mol. The molecule has 0 bridgehead atoms. The summed E-state index contributed by atoms with van der Waals surface area (Å²) < 4.78 is 5.44. The van der Waals surface area contributed by atoms with Crippen LogP contribution in [0, 0.1) is 0 Å². The Morgan fingerprint density at radius 1 is 1.10 bits per heavy atom. The molecule has 0 aliphatic carbocycles. The number of piperazine rings is 1. The van der Waals surface area contributed by atoms with Crippen molar-refractivity contribution in [2.45, 2.75) is 6.92 Å². The van der Waals surface area contributed by atoms with Gasteiger partial charge in [-0.3, -0.25) is 10.1 Å². The standard InChI is InChI=1S/C21H25ClN4O2S/c1-2-25-11-13-26(14-12-25)20-17(22)9-6-10-18(20)23-21(29)24-19(27)15-28-16-7-4-3-5-8-16/h3-10H,2,11-15H2,1H3,(H2,23,24,27,29). The smallest absolute Gasteiger partial charge is 0.264 e. The predicted molar refractivity (Wildman–Crippen MR) is 122 cm³/mol. The Morgan fingerprint density at radius 2 is 1.83 bits per heavy atom. The molecule has 6 nitrogen and oxygen atoms in total. The van der Waals surface area contributed by atoms with Gasteiger partial charge < -0.3 is 19.9 Å². The van der Waals surface area contributed by atoms with Crippen LogP contribution in [0.4, 0.5) is 11.4 Å². The number of carbonyl (C=O) groups excluding carboxylic acids is 1. The molecule has 0 aromatic heterocycles. The van der Waals surface area contributed by atoms with Gasteiger partial charge in [0.2, 0.25) is 0 Å². The lowest BCUT2D eigenvalue weighted by atomic mass is 10.2. The van der Waals surface area contributed by atoms with E-state index in [9.17, 15) is 4.79 Å². The Bertz CT molecular complexity index is 842. The Hall–Kier alpha value is -2.35. The second-order valence-electron chi connectivity index (χ2n) is 6.66. The number of anilines is 2. The molecule has 1 amide bonds. The van der Waals surface area contributed by atoms with Crippen molar-refractivity contribution in [3.05, 3.63) is 53.6 Å². The molecule has 29 heavy (non-hydrogen) atoms. The van der Waals surface area contributed by atoms with Crippen LogP contribution in [-0.4, -0.2) is 55.3 Å². The van der Waals surface area contributed by atoms with E-state index in [2.05, 4.69) is 27.4 Å². The maximum atomic E-state index is 12.1. The Kier molecular flexibility index (Phi) is 7.69. The number of hydrogen-bond donors (Lipinski definition) is 2. The third-order valence-corrected chi connectivity index (χ3v) is 5.25. The normalized spacial score (nSPS) is 14.3. The molecule has 0 atom stereocenters. The number of carbonyl (C=O) groups is 1. The largest absolute Gasteiger partial charge is 0.484 e. The van der Waals surface area contributed by atoms with E-state index < -0.39 is 0 Å². The van der Waals surface area contributed by atoms with Gasteiger partial charge in [0.15, 0.2) is 11.7 Å². The summed E-state index contributed by atoms with van der Waals surface area (Å²) in [5.41, 5.74) is 1.68. The van der Waals surface area contributed by atoms with Crippen LogP contribution in [-0.2, 0) is 4.79 Å². The first kappa shape index (κ1) is 21.4. The molecule has 0 radical (unpaired) electrons. The van der Waals surface area contributed by atoms with E-state index >= 15 is 0 Å². The van der Waals surface area contributed by atoms with Crippen molar-refractivity contribution in [1.29, 1.82) is 0 Å². The molecule has 0 saturated carbocycles. The van der Waals surface area contributed by atoms with Crippen LogP contribution < -0.4 is 20.3 Å². The highest BCUT2D eigenvalue weighted by Crippen LogP contribution is 2.34. The highest BCUT2D eigenvalue weighted by Gasteiger charge is 2.21. The average Bonchev–Trinajstić information content (AvgIpc) is 2.73. The van der Waals surface area contributed by atoms with Crippen LogP contribution in [0.3, 0.4) is 0 Å². The molecule has 8 heteroatoms. The Labute approximate surface area is 181 Å².